The molecule has 160 valence electrons. The lowest BCUT2D eigenvalue weighted by Crippen LogP contribution is -2.40. The molecule has 0 saturated carbocycles. The van der Waals surface area contributed by atoms with Crippen LogP contribution in [0.2, 0.25) is 0 Å². The van der Waals surface area contributed by atoms with Crippen LogP contribution >= 0.6 is 0 Å². The predicted octanol–water partition coefficient (Wildman–Crippen LogP) is 2.94. The lowest BCUT2D eigenvalue weighted by atomic mass is 10.1. The van der Waals surface area contributed by atoms with Gasteiger partial charge in [-0.2, -0.15) is 0 Å². The summed E-state index contributed by atoms with van der Waals surface area (Å²) in [7, 11) is 1.67. The van der Waals surface area contributed by atoms with E-state index in [1.54, 1.807) is 19.2 Å². The number of hydrogen-bond donors (Lipinski definition) is 1. The largest absolute Gasteiger partial charge is 0.497 e. The molecular formula is C24H31N3O3. The van der Waals surface area contributed by atoms with E-state index in [-0.39, 0.29) is 17.9 Å². The van der Waals surface area contributed by atoms with Crippen LogP contribution in [0.3, 0.4) is 0 Å². The summed E-state index contributed by atoms with van der Waals surface area (Å²) >= 11 is 0. The van der Waals surface area contributed by atoms with Gasteiger partial charge in [0.15, 0.2) is 0 Å². The lowest BCUT2D eigenvalue weighted by molar-refractivity contribution is -0.131. The molecule has 6 heteroatoms. The van der Waals surface area contributed by atoms with Gasteiger partial charge in [0, 0.05) is 50.7 Å². The summed E-state index contributed by atoms with van der Waals surface area (Å²) in [5.74, 6) is 0.819. The van der Waals surface area contributed by atoms with E-state index >= 15 is 0 Å². The van der Waals surface area contributed by atoms with E-state index in [0.717, 1.165) is 38.3 Å². The number of amides is 2. The van der Waals surface area contributed by atoms with Gasteiger partial charge in [-0.05, 0) is 43.2 Å². The molecule has 0 spiro atoms. The number of rotatable bonds is 7. The first-order valence-corrected chi connectivity index (χ1v) is 10.5. The quantitative estimate of drug-likeness (QED) is 0.764. The van der Waals surface area contributed by atoms with Crippen molar-refractivity contribution in [1.29, 1.82) is 0 Å². The van der Waals surface area contributed by atoms with Crippen molar-refractivity contribution in [2.75, 3.05) is 33.3 Å². The fourth-order valence-corrected chi connectivity index (χ4v) is 3.71. The Kier molecular flexibility index (Phi) is 7.85. The molecule has 0 aromatic heterocycles. The zero-order chi connectivity index (χ0) is 21.3. The minimum atomic E-state index is -0.205. The highest BCUT2D eigenvalue weighted by molar-refractivity contribution is 5.94. The Bertz CT molecular complexity index is 823. The van der Waals surface area contributed by atoms with Crippen molar-refractivity contribution >= 4 is 11.8 Å². The number of methoxy groups -OCH3 is 1. The van der Waals surface area contributed by atoms with Crippen molar-refractivity contribution in [2.45, 2.75) is 32.4 Å². The molecule has 1 aliphatic rings. The Hall–Kier alpha value is -2.86. The smallest absolute Gasteiger partial charge is 0.251 e. The summed E-state index contributed by atoms with van der Waals surface area (Å²) in [5, 5.41) is 2.93. The second kappa shape index (κ2) is 10.8. The van der Waals surface area contributed by atoms with E-state index in [1.807, 2.05) is 42.2 Å². The average Bonchev–Trinajstić information content (AvgIpc) is 3.00. The van der Waals surface area contributed by atoms with Gasteiger partial charge in [-0.1, -0.05) is 30.3 Å². The summed E-state index contributed by atoms with van der Waals surface area (Å²) in [4.78, 5) is 29.3. The maximum atomic E-state index is 12.8. The van der Waals surface area contributed by atoms with Crippen LogP contribution in [0.1, 0.15) is 35.7 Å². The maximum Gasteiger partial charge on any atom is 0.251 e. The van der Waals surface area contributed by atoms with Crippen LogP contribution in [0.4, 0.5) is 0 Å². The zero-order valence-electron chi connectivity index (χ0n) is 17.8. The fourth-order valence-electron chi connectivity index (χ4n) is 3.71. The molecule has 1 unspecified atom stereocenters. The zero-order valence-corrected chi connectivity index (χ0v) is 17.8. The van der Waals surface area contributed by atoms with Crippen molar-refractivity contribution in [3.8, 4) is 5.75 Å². The van der Waals surface area contributed by atoms with Crippen molar-refractivity contribution < 1.29 is 14.3 Å². The van der Waals surface area contributed by atoms with Crippen LogP contribution in [0.5, 0.6) is 5.75 Å². The van der Waals surface area contributed by atoms with Crippen LogP contribution < -0.4 is 10.1 Å². The third kappa shape index (κ3) is 6.32. The number of hydrogen-bond acceptors (Lipinski definition) is 4. The van der Waals surface area contributed by atoms with Crippen LogP contribution in [-0.4, -0.2) is 60.9 Å². The highest BCUT2D eigenvalue weighted by Gasteiger charge is 2.21. The number of nitrogens with one attached hydrogen (secondary N) is 1. The van der Waals surface area contributed by atoms with Crippen LogP contribution in [0, 0.1) is 0 Å². The van der Waals surface area contributed by atoms with Crippen LogP contribution in [0.25, 0.3) is 0 Å². The van der Waals surface area contributed by atoms with Gasteiger partial charge in [0.05, 0.1) is 7.11 Å². The highest BCUT2D eigenvalue weighted by Crippen LogP contribution is 2.15. The lowest BCUT2D eigenvalue weighted by Gasteiger charge is -2.24. The number of ether oxygens (including phenoxy) is 1. The van der Waals surface area contributed by atoms with Gasteiger partial charge in [-0.15, -0.1) is 0 Å². The molecule has 2 aromatic carbocycles. The first kappa shape index (κ1) is 21.8. The summed E-state index contributed by atoms with van der Waals surface area (Å²) in [5.41, 5.74) is 1.86. The monoisotopic (exact) mass is 409 g/mol. The van der Waals surface area contributed by atoms with Gasteiger partial charge in [0.1, 0.15) is 5.75 Å². The van der Waals surface area contributed by atoms with E-state index in [2.05, 4.69) is 22.3 Å². The fraction of sp³-hybridized carbons (Fsp3) is 0.417. The molecule has 1 saturated heterocycles. The van der Waals surface area contributed by atoms with Gasteiger partial charge >= 0.3 is 0 Å². The predicted molar refractivity (Wildman–Crippen MR) is 117 cm³/mol. The molecule has 1 N–H and O–H groups in total. The molecule has 3 rings (SSSR count). The maximum absolute atomic E-state index is 12.8. The van der Waals surface area contributed by atoms with Crippen molar-refractivity contribution in [3.05, 3.63) is 65.7 Å². The molecule has 6 nitrogen and oxygen atoms in total. The first-order valence-electron chi connectivity index (χ1n) is 10.5. The van der Waals surface area contributed by atoms with Gasteiger partial charge in [-0.3, -0.25) is 14.5 Å². The first-order chi connectivity index (χ1) is 14.5. The van der Waals surface area contributed by atoms with E-state index < -0.39 is 0 Å². The van der Waals surface area contributed by atoms with Crippen molar-refractivity contribution in [3.63, 3.8) is 0 Å². The van der Waals surface area contributed by atoms with E-state index in [1.165, 1.54) is 5.56 Å². The third-order valence-electron chi connectivity index (χ3n) is 5.40. The molecule has 0 radical (unpaired) electrons. The van der Waals surface area contributed by atoms with Crippen LogP contribution in [-0.2, 0) is 11.3 Å². The third-order valence-corrected chi connectivity index (χ3v) is 5.40. The Morgan fingerprint density at radius 2 is 1.73 bits per heavy atom. The summed E-state index contributed by atoms with van der Waals surface area (Å²) in [6.45, 7) is 6.05. The molecule has 2 aromatic rings. The van der Waals surface area contributed by atoms with Crippen molar-refractivity contribution in [2.24, 2.45) is 0 Å². The molecule has 2 amide bonds. The number of nitrogens with zero attached hydrogens (tertiary/aromatic N) is 2. The molecule has 1 heterocycles. The summed E-state index contributed by atoms with van der Waals surface area (Å²) < 4.78 is 5.22. The van der Waals surface area contributed by atoms with Crippen molar-refractivity contribution in [1.82, 2.24) is 15.1 Å². The molecule has 1 atom stereocenters. The molecule has 0 bridgehead atoms. The standard InChI is InChI=1S/C24H31N3O3/c1-19(25-24(29)21-7-4-3-5-8-21)17-23(28)27-14-6-13-26(15-16-27)18-20-9-11-22(30-2)12-10-20/h3-5,7-12,19H,6,13-18H2,1-2H3,(H,25,29). The molecule has 1 fully saturated rings. The second-order valence-corrected chi connectivity index (χ2v) is 7.80. The van der Waals surface area contributed by atoms with E-state index in [4.69, 9.17) is 4.74 Å². The summed E-state index contributed by atoms with van der Waals surface area (Å²) in [6.07, 6.45) is 1.27. The normalized spacial score (nSPS) is 15.9. The van der Waals surface area contributed by atoms with E-state index in [9.17, 15) is 9.59 Å². The molecule has 1 aliphatic heterocycles. The van der Waals surface area contributed by atoms with Gasteiger partial charge in [-0.25, -0.2) is 0 Å². The minimum absolute atomic E-state index is 0.0992. The Labute approximate surface area is 178 Å². The molecular weight excluding hydrogens is 378 g/mol. The van der Waals surface area contributed by atoms with Crippen LogP contribution in [0.15, 0.2) is 54.6 Å². The second-order valence-electron chi connectivity index (χ2n) is 7.80. The molecule has 0 aliphatic carbocycles. The topological polar surface area (TPSA) is 61.9 Å². The highest BCUT2D eigenvalue weighted by atomic mass is 16.5. The SMILES string of the molecule is COc1ccc(CN2CCCN(C(=O)CC(C)NC(=O)c3ccccc3)CC2)cc1. The average molecular weight is 410 g/mol. The Morgan fingerprint density at radius 1 is 1.00 bits per heavy atom. The van der Waals surface area contributed by atoms with Gasteiger partial charge in [0.25, 0.3) is 5.91 Å². The Balaban J connectivity index is 1.45. The number of carbonyl (C=O) groups excluding carboxylic acids is 2. The number of carbonyl (C=O) groups is 2. The van der Waals surface area contributed by atoms with E-state index in [0.29, 0.717) is 18.5 Å². The minimum Gasteiger partial charge on any atom is -0.497 e. The van der Waals surface area contributed by atoms with Gasteiger partial charge < -0.3 is 15.0 Å². The number of benzene rings is 2. The summed E-state index contributed by atoms with van der Waals surface area (Å²) in [6, 6.07) is 17.0. The Morgan fingerprint density at radius 3 is 2.43 bits per heavy atom. The van der Waals surface area contributed by atoms with Gasteiger partial charge in [0.2, 0.25) is 5.91 Å². The molecule has 30 heavy (non-hydrogen) atoms.